The van der Waals surface area contributed by atoms with E-state index >= 15 is 0 Å². The molecule has 0 fully saturated rings. The summed E-state index contributed by atoms with van der Waals surface area (Å²) in [5.41, 5.74) is 4.04. The molecule has 1 aliphatic heterocycles. The largest absolute Gasteiger partial charge is 0.494 e. The Labute approximate surface area is 176 Å². The average Bonchev–Trinajstić information content (AvgIpc) is 2.75. The Bertz CT molecular complexity index is 1000. The minimum Gasteiger partial charge on any atom is -0.494 e. The highest BCUT2D eigenvalue weighted by Crippen LogP contribution is 2.38. The molecule has 2 amide bonds. The van der Waals surface area contributed by atoms with Crippen LogP contribution in [-0.2, 0) is 6.42 Å². The van der Waals surface area contributed by atoms with E-state index in [2.05, 4.69) is 17.4 Å². The van der Waals surface area contributed by atoms with Crippen LogP contribution in [0.15, 0.2) is 72.8 Å². The van der Waals surface area contributed by atoms with Crippen molar-refractivity contribution < 1.29 is 9.53 Å². The Morgan fingerprint density at radius 1 is 1.03 bits per heavy atom. The predicted octanol–water partition coefficient (Wildman–Crippen LogP) is 5.92. The first-order valence-electron chi connectivity index (χ1n) is 9.80. The van der Waals surface area contributed by atoms with Crippen molar-refractivity contribution in [1.82, 2.24) is 4.90 Å². The maximum atomic E-state index is 13.2. The van der Waals surface area contributed by atoms with Crippen LogP contribution in [0.1, 0.15) is 29.7 Å². The molecule has 0 spiro atoms. The summed E-state index contributed by atoms with van der Waals surface area (Å²) in [5.74, 6) is 0.784. The highest BCUT2D eigenvalue weighted by Gasteiger charge is 2.33. The number of benzene rings is 3. The van der Waals surface area contributed by atoms with Gasteiger partial charge in [-0.05, 0) is 60.4 Å². The van der Waals surface area contributed by atoms with Crippen LogP contribution in [0.4, 0.5) is 10.5 Å². The first-order chi connectivity index (χ1) is 14.2. The number of fused-ring (bicyclic) bond motifs is 1. The van der Waals surface area contributed by atoms with Crippen LogP contribution in [0.3, 0.4) is 0 Å². The van der Waals surface area contributed by atoms with Crippen LogP contribution < -0.4 is 10.1 Å². The molecule has 3 aromatic rings. The van der Waals surface area contributed by atoms with E-state index in [4.69, 9.17) is 16.3 Å². The van der Waals surface area contributed by atoms with E-state index in [1.807, 2.05) is 72.5 Å². The van der Waals surface area contributed by atoms with Gasteiger partial charge in [0.2, 0.25) is 0 Å². The molecule has 1 heterocycles. The van der Waals surface area contributed by atoms with Crippen LogP contribution in [0.5, 0.6) is 5.75 Å². The maximum Gasteiger partial charge on any atom is 0.322 e. The smallest absolute Gasteiger partial charge is 0.322 e. The molecule has 4 rings (SSSR count). The number of nitrogens with zero attached hydrogens (tertiary/aromatic N) is 1. The summed E-state index contributed by atoms with van der Waals surface area (Å²) in [7, 11) is 0. The molecule has 148 valence electrons. The van der Waals surface area contributed by atoms with Gasteiger partial charge < -0.3 is 15.0 Å². The monoisotopic (exact) mass is 406 g/mol. The van der Waals surface area contributed by atoms with Crippen molar-refractivity contribution in [3.8, 4) is 5.75 Å². The van der Waals surface area contributed by atoms with Gasteiger partial charge in [0, 0.05) is 17.3 Å². The van der Waals surface area contributed by atoms with E-state index in [1.54, 1.807) is 0 Å². The molecule has 0 bridgehead atoms. The van der Waals surface area contributed by atoms with Gasteiger partial charge in [0.25, 0.3) is 0 Å². The van der Waals surface area contributed by atoms with Gasteiger partial charge in [0.05, 0.1) is 12.6 Å². The van der Waals surface area contributed by atoms with Gasteiger partial charge in [0.1, 0.15) is 5.75 Å². The molecule has 1 atom stereocenters. The minimum absolute atomic E-state index is 0.145. The average molecular weight is 407 g/mol. The Balaban J connectivity index is 1.64. The van der Waals surface area contributed by atoms with Crippen molar-refractivity contribution in [1.29, 1.82) is 0 Å². The van der Waals surface area contributed by atoms with Crippen molar-refractivity contribution in [2.75, 3.05) is 18.5 Å². The molecule has 4 nitrogen and oxygen atoms in total. The number of ether oxygens (including phenoxy) is 1. The predicted molar refractivity (Wildman–Crippen MR) is 117 cm³/mol. The molecule has 5 heteroatoms. The van der Waals surface area contributed by atoms with Crippen LogP contribution in [0.25, 0.3) is 0 Å². The third kappa shape index (κ3) is 4.08. The summed E-state index contributed by atoms with van der Waals surface area (Å²) >= 11 is 6.53. The highest BCUT2D eigenvalue weighted by molar-refractivity contribution is 6.31. The first kappa shape index (κ1) is 19.3. The molecular formula is C24H23ClN2O2. The zero-order valence-electron chi connectivity index (χ0n) is 16.3. The normalized spacial score (nSPS) is 15.5. The van der Waals surface area contributed by atoms with E-state index < -0.39 is 0 Å². The van der Waals surface area contributed by atoms with E-state index in [0.29, 0.717) is 18.2 Å². The molecule has 3 aromatic carbocycles. The number of carbonyl (C=O) groups excluding carboxylic acids is 1. The summed E-state index contributed by atoms with van der Waals surface area (Å²) < 4.78 is 5.47. The molecule has 1 aliphatic rings. The molecule has 0 saturated heterocycles. The lowest BCUT2D eigenvalue weighted by molar-refractivity contribution is 0.194. The van der Waals surface area contributed by atoms with Gasteiger partial charge in [-0.25, -0.2) is 4.79 Å². The molecule has 0 radical (unpaired) electrons. The van der Waals surface area contributed by atoms with Crippen LogP contribution >= 0.6 is 11.6 Å². The molecule has 29 heavy (non-hydrogen) atoms. The number of amides is 2. The molecule has 1 unspecified atom stereocenters. The second kappa shape index (κ2) is 8.58. The zero-order valence-corrected chi connectivity index (χ0v) is 17.0. The number of hydrogen-bond donors (Lipinski definition) is 1. The van der Waals surface area contributed by atoms with Crippen molar-refractivity contribution in [2.24, 2.45) is 0 Å². The SMILES string of the molecule is CCOc1ccc(NC(=O)N2CCc3ccccc3C2c2ccccc2Cl)cc1. The Morgan fingerprint density at radius 3 is 2.45 bits per heavy atom. The second-order valence-corrected chi connectivity index (χ2v) is 7.36. The van der Waals surface area contributed by atoms with Crippen molar-refractivity contribution in [3.63, 3.8) is 0 Å². The third-order valence-electron chi connectivity index (χ3n) is 5.16. The number of halogens is 1. The van der Waals surface area contributed by atoms with E-state index in [0.717, 1.165) is 29.0 Å². The minimum atomic E-state index is -0.226. The Kier molecular flexibility index (Phi) is 5.72. The number of nitrogens with one attached hydrogen (secondary N) is 1. The fourth-order valence-electron chi connectivity index (χ4n) is 3.81. The number of anilines is 1. The van der Waals surface area contributed by atoms with E-state index in [9.17, 15) is 4.79 Å². The van der Waals surface area contributed by atoms with E-state index in [1.165, 1.54) is 5.56 Å². The first-order valence-corrected chi connectivity index (χ1v) is 10.2. The summed E-state index contributed by atoms with van der Waals surface area (Å²) in [6.45, 7) is 3.17. The molecular weight excluding hydrogens is 384 g/mol. The number of urea groups is 1. The lowest BCUT2D eigenvalue weighted by Gasteiger charge is -2.38. The number of carbonyl (C=O) groups is 1. The maximum absolute atomic E-state index is 13.2. The molecule has 0 saturated carbocycles. The summed E-state index contributed by atoms with van der Waals surface area (Å²) in [4.78, 5) is 15.1. The van der Waals surface area contributed by atoms with Crippen molar-refractivity contribution >= 4 is 23.3 Å². The summed E-state index contributed by atoms with van der Waals surface area (Å²) in [5, 5.41) is 3.68. The quantitative estimate of drug-likeness (QED) is 0.584. The van der Waals surface area contributed by atoms with Gasteiger partial charge in [0.15, 0.2) is 0 Å². The fourth-order valence-corrected chi connectivity index (χ4v) is 4.05. The Morgan fingerprint density at radius 2 is 1.72 bits per heavy atom. The molecule has 0 aliphatic carbocycles. The standard InChI is InChI=1S/C24H23ClN2O2/c1-2-29-19-13-11-18(12-14-19)26-24(28)27-16-15-17-7-3-4-8-20(17)23(27)21-9-5-6-10-22(21)25/h3-14,23H,2,15-16H2,1H3,(H,26,28). The van der Waals surface area contributed by atoms with Gasteiger partial charge in [-0.1, -0.05) is 54.1 Å². The van der Waals surface area contributed by atoms with Crippen LogP contribution in [-0.4, -0.2) is 24.1 Å². The number of hydrogen-bond acceptors (Lipinski definition) is 2. The lowest BCUT2D eigenvalue weighted by atomic mass is 9.88. The second-order valence-electron chi connectivity index (χ2n) is 6.95. The van der Waals surface area contributed by atoms with Crippen LogP contribution in [0.2, 0.25) is 5.02 Å². The Hall–Kier alpha value is -2.98. The van der Waals surface area contributed by atoms with Gasteiger partial charge in [-0.3, -0.25) is 0 Å². The summed E-state index contributed by atoms with van der Waals surface area (Å²) in [6.07, 6.45) is 0.813. The highest BCUT2D eigenvalue weighted by atomic mass is 35.5. The van der Waals surface area contributed by atoms with E-state index in [-0.39, 0.29) is 12.1 Å². The summed E-state index contributed by atoms with van der Waals surface area (Å²) in [6, 6.07) is 23.0. The van der Waals surface area contributed by atoms with Crippen molar-refractivity contribution in [2.45, 2.75) is 19.4 Å². The molecule has 0 aromatic heterocycles. The van der Waals surface area contributed by atoms with Gasteiger partial charge in [-0.2, -0.15) is 0 Å². The van der Waals surface area contributed by atoms with Crippen molar-refractivity contribution in [3.05, 3.63) is 94.5 Å². The number of rotatable bonds is 4. The fraction of sp³-hybridized carbons (Fsp3) is 0.208. The van der Waals surface area contributed by atoms with Gasteiger partial charge in [-0.15, -0.1) is 0 Å². The third-order valence-corrected chi connectivity index (χ3v) is 5.50. The lowest BCUT2D eigenvalue weighted by Crippen LogP contribution is -2.43. The van der Waals surface area contributed by atoms with Crippen LogP contribution in [0, 0.1) is 0 Å². The van der Waals surface area contributed by atoms with Gasteiger partial charge >= 0.3 is 6.03 Å². The molecule has 1 N–H and O–H groups in total. The topological polar surface area (TPSA) is 41.6 Å². The zero-order chi connectivity index (χ0) is 20.2.